The summed E-state index contributed by atoms with van der Waals surface area (Å²) in [5.74, 6) is -0.984. The first-order valence-electron chi connectivity index (χ1n) is 16.2. The van der Waals surface area contributed by atoms with Crippen molar-refractivity contribution < 1.29 is 32.6 Å². The Morgan fingerprint density at radius 1 is 0.898 bits per heavy atom. The number of piperidine rings is 2. The lowest BCUT2D eigenvalue weighted by Gasteiger charge is -2.46. The molecule has 0 aliphatic carbocycles. The van der Waals surface area contributed by atoms with Crippen LogP contribution in [0, 0.1) is 0 Å². The molecule has 3 fully saturated rings. The van der Waals surface area contributed by atoms with Gasteiger partial charge in [-0.15, -0.1) is 0 Å². The van der Waals surface area contributed by atoms with Crippen molar-refractivity contribution in [2.75, 3.05) is 44.6 Å². The predicted molar refractivity (Wildman–Crippen MR) is 178 cm³/mol. The molecule has 3 aliphatic rings. The number of anilines is 1. The number of carbonyl (C=O) groups is 2. The van der Waals surface area contributed by atoms with E-state index in [0.717, 1.165) is 45.1 Å². The molecule has 4 N–H and O–H groups in total. The van der Waals surface area contributed by atoms with Crippen molar-refractivity contribution in [3.63, 3.8) is 0 Å². The number of carbonyl (C=O) groups excluding carboxylic acids is 1. The van der Waals surface area contributed by atoms with Crippen LogP contribution in [0.25, 0.3) is 11.0 Å². The molecule has 11 nitrogen and oxygen atoms in total. The summed E-state index contributed by atoms with van der Waals surface area (Å²) in [5, 5.41) is 15.2. The number of alkyl halides is 3. The number of nitrogens with one attached hydrogen (secondary N) is 3. The first-order valence-corrected chi connectivity index (χ1v) is 16.6. The number of carboxylic acid groups (broad SMARTS) is 1. The summed E-state index contributed by atoms with van der Waals surface area (Å²) in [6.45, 7) is 6.88. The molecule has 4 aromatic rings. The maximum atomic E-state index is 13.7. The maximum Gasteiger partial charge on any atom is 0.490 e. The largest absolute Gasteiger partial charge is 0.490 e. The minimum absolute atomic E-state index is 0.186. The molecule has 0 radical (unpaired) electrons. The summed E-state index contributed by atoms with van der Waals surface area (Å²) in [7, 11) is 0. The molecule has 0 amide bonds. The zero-order chi connectivity index (χ0) is 34.5. The third-order valence-electron chi connectivity index (χ3n) is 9.28. The molecule has 0 spiro atoms. The zero-order valence-electron chi connectivity index (χ0n) is 26.5. The van der Waals surface area contributed by atoms with E-state index in [0.29, 0.717) is 50.5 Å². The monoisotopic (exact) mass is 699 g/mol. The Morgan fingerprint density at radius 3 is 2.16 bits per heavy atom. The van der Waals surface area contributed by atoms with E-state index in [-0.39, 0.29) is 11.8 Å². The van der Waals surface area contributed by atoms with Crippen molar-refractivity contribution in [1.82, 2.24) is 30.1 Å². The van der Waals surface area contributed by atoms with Crippen LogP contribution in [0.2, 0.25) is 5.02 Å². The second kappa shape index (κ2) is 15.1. The standard InChI is InChI=1S/C32H36ClN7O2.C2HF3O2/c33-28-16-25(42-24-4-2-1-3-5-24)6-7-26(28)30(41)27-19-35-31-29(27)32(37-20-36-31)38-21-8-12-39(13-9-21)22-10-14-40(15-11-22)23-17-34-18-23;3-2(4,5)1(6)7/h1-7,16,19-23,34H,8-15,17-18H2,(H2,35,36,37,38);(H,6,7). The SMILES string of the molecule is O=C(O)C(F)(F)F.O=C(c1ccc(Oc2ccccc2)cc1Cl)c1c[nH]c2ncnc(NC3CCN(C4CCN(C5CNC5)CC4)CC3)c12. The van der Waals surface area contributed by atoms with Crippen molar-refractivity contribution >= 4 is 40.2 Å². The Kier molecular flexibility index (Phi) is 10.7. The molecule has 15 heteroatoms. The molecule has 0 bridgehead atoms. The van der Waals surface area contributed by atoms with Gasteiger partial charge in [-0.25, -0.2) is 14.8 Å². The fraction of sp³-hybridized carbons (Fsp3) is 0.412. The number of ketones is 1. The number of benzene rings is 2. The molecule has 5 heterocycles. The van der Waals surface area contributed by atoms with Crippen LogP contribution in [0.4, 0.5) is 19.0 Å². The fourth-order valence-corrected chi connectivity index (χ4v) is 6.77. The molecular formula is C34H37ClF3N7O4. The lowest BCUT2D eigenvalue weighted by atomic mass is 9.96. The molecule has 0 unspecified atom stereocenters. The quantitative estimate of drug-likeness (QED) is 0.173. The zero-order valence-corrected chi connectivity index (χ0v) is 27.3. The van der Waals surface area contributed by atoms with Crippen molar-refractivity contribution in [3.8, 4) is 11.5 Å². The van der Waals surface area contributed by atoms with E-state index in [2.05, 4.69) is 35.4 Å². The topological polar surface area (TPSA) is 136 Å². The van der Waals surface area contributed by atoms with Crippen LogP contribution >= 0.6 is 11.6 Å². The maximum absolute atomic E-state index is 13.7. The van der Waals surface area contributed by atoms with Gasteiger partial charge in [-0.1, -0.05) is 29.8 Å². The molecule has 0 atom stereocenters. The van der Waals surface area contributed by atoms with Gasteiger partial charge in [0.2, 0.25) is 0 Å². The third-order valence-corrected chi connectivity index (χ3v) is 9.60. The summed E-state index contributed by atoms with van der Waals surface area (Å²) >= 11 is 6.60. The van der Waals surface area contributed by atoms with Crippen molar-refractivity contribution in [2.24, 2.45) is 0 Å². The van der Waals surface area contributed by atoms with Gasteiger partial charge in [0.1, 0.15) is 29.3 Å². The van der Waals surface area contributed by atoms with E-state index in [4.69, 9.17) is 26.2 Å². The minimum Gasteiger partial charge on any atom is -0.475 e. The molecule has 49 heavy (non-hydrogen) atoms. The molecular weight excluding hydrogens is 663 g/mol. The summed E-state index contributed by atoms with van der Waals surface area (Å²) in [5.41, 5.74) is 1.53. The first kappa shape index (κ1) is 34.6. The van der Waals surface area contributed by atoms with Crippen LogP contribution in [0.15, 0.2) is 61.1 Å². The number of carboxylic acids is 1. The van der Waals surface area contributed by atoms with Gasteiger partial charge in [0.15, 0.2) is 5.78 Å². The highest BCUT2D eigenvalue weighted by Crippen LogP contribution is 2.32. The summed E-state index contributed by atoms with van der Waals surface area (Å²) in [6.07, 6.45) is 2.77. The van der Waals surface area contributed by atoms with Crippen LogP contribution in [0.3, 0.4) is 0 Å². The van der Waals surface area contributed by atoms with Crippen LogP contribution in [0.1, 0.15) is 41.6 Å². The number of nitrogens with zero attached hydrogens (tertiary/aromatic N) is 4. The van der Waals surface area contributed by atoms with Crippen LogP contribution in [-0.4, -0.2) is 105 Å². The van der Waals surface area contributed by atoms with Crippen molar-refractivity contribution in [2.45, 2.75) is 50.0 Å². The van der Waals surface area contributed by atoms with Crippen LogP contribution < -0.4 is 15.4 Å². The normalized spacial score (nSPS) is 18.4. The number of halogens is 4. The van der Waals surface area contributed by atoms with Gasteiger partial charge >= 0.3 is 12.1 Å². The number of hydrogen-bond donors (Lipinski definition) is 4. The van der Waals surface area contributed by atoms with Gasteiger partial charge in [-0.05, 0) is 49.9 Å². The second-order valence-corrected chi connectivity index (χ2v) is 12.8. The van der Waals surface area contributed by atoms with Gasteiger partial charge in [-0.3, -0.25) is 9.69 Å². The predicted octanol–water partition coefficient (Wildman–Crippen LogP) is 5.58. The second-order valence-electron chi connectivity index (χ2n) is 12.4. The number of aromatic amines is 1. The Morgan fingerprint density at radius 2 is 1.55 bits per heavy atom. The fourth-order valence-electron chi connectivity index (χ4n) is 6.51. The average Bonchev–Trinajstić information content (AvgIpc) is 3.50. The first-order chi connectivity index (χ1) is 23.6. The number of para-hydroxylation sites is 1. The number of ether oxygens (including phenoxy) is 1. The van der Waals surface area contributed by atoms with Gasteiger partial charge in [0.25, 0.3) is 0 Å². The van der Waals surface area contributed by atoms with Gasteiger partial charge in [0, 0.05) is 75.2 Å². The summed E-state index contributed by atoms with van der Waals surface area (Å²) in [4.78, 5) is 40.1. The number of aliphatic carboxylic acids is 1. The molecule has 7 rings (SSSR count). The molecule has 3 saturated heterocycles. The van der Waals surface area contributed by atoms with E-state index < -0.39 is 12.1 Å². The number of H-pyrrole nitrogens is 1. The lowest BCUT2D eigenvalue weighted by molar-refractivity contribution is -0.192. The van der Waals surface area contributed by atoms with E-state index in [1.54, 1.807) is 30.7 Å². The molecule has 0 saturated carbocycles. The lowest BCUT2D eigenvalue weighted by Crippen LogP contribution is -2.60. The van der Waals surface area contributed by atoms with Crippen LogP contribution in [0.5, 0.6) is 11.5 Å². The van der Waals surface area contributed by atoms with Crippen molar-refractivity contribution in [3.05, 3.63) is 77.2 Å². The smallest absolute Gasteiger partial charge is 0.475 e. The van der Waals surface area contributed by atoms with E-state index in [1.165, 1.54) is 25.9 Å². The average molecular weight is 700 g/mol. The van der Waals surface area contributed by atoms with E-state index in [1.807, 2.05) is 30.3 Å². The highest BCUT2D eigenvalue weighted by atomic mass is 35.5. The third kappa shape index (κ3) is 8.32. The Labute approximate surface area is 285 Å². The Balaban J connectivity index is 0.000000540. The van der Waals surface area contributed by atoms with Crippen LogP contribution in [-0.2, 0) is 4.79 Å². The number of likely N-dealkylation sites (tertiary alicyclic amines) is 2. The molecule has 2 aromatic heterocycles. The number of rotatable bonds is 8. The number of aromatic nitrogens is 3. The number of hydrogen-bond acceptors (Lipinski definition) is 9. The van der Waals surface area contributed by atoms with Crippen molar-refractivity contribution in [1.29, 1.82) is 0 Å². The highest BCUT2D eigenvalue weighted by molar-refractivity contribution is 6.35. The molecule has 2 aromatic carbocycles. The Hall–Kier alpha value is -4.24. The Bertz CT molecular complexity index is 1750. The van der Waals surface area contributed by atoms with Gasteiger partial charge in [0.05, 0.1) is 16.0 Å². The summed E-state index contributed by atoms with van der Waals surface area (Å²) < 4.78 is 37.6. The van der Waals surface area contributed by atoms with E-state index in [9.17, 15) is 18.0 Å². The highest BCUT2D eigenvalue weighted by Gasteiger charge is 2.38. The summed E-state index contributed by atoms with van der Waals surface area (Å²) in [6, 6.07) is 16.3. The minimum atomic E-state index is -5.08. The molecule has 260 valence electrons. The van der Waals surface area contributed by atoms with E-state index >= 15 is 0 Å². The van der Waals surface area contributed by atoms with Gasteiger partial charge in [-0.2, -0.15) is 13.2 Å². The molecule has 3 aliphatic heterocycles. The van der Waals surface area contributed by atoms with Gasteiger partial charge < -0.3 is 30.4 Å². The number of fused-ring (bicyclic) bond motifs is 1.